The molecule has 0 bridgehead atoms. The molecule has 1 heterocycles. The summed E-state index contributed by atoms with van der Waals surface area (Å²) in [4.78, 5) is 15.7. The number of piperazine rings is 1. The molecule has 0 spiro atoms. The standard InChI is InChI=1S/C9H19N3O/c1-7-6-11(2)8(4-5-10)9(13)12(7)3/h7-8H,4-6,10H2,1-3H3. The number of carbonyl (C=O) groups excluding carboxylic acids is 1. The van der Waals surface area contributed by atoms with Gasteiger partial charge in [0.15, 0.2) is 0 Å². The van der Waals surface area contributed by atoms with Gasteiger partial charge in [-0.3, -0.25) is 9.69 Å². The highest BCUT2D eigenvalue weighted by molar-refractivity contribution is 5.82. The van der Waals surface area contributed by atoms with Crippen LogP contribution in [0.4, 0.5) is 0 Å². The van der Waals surface area contributed by atoms with Crippen LogP contribution in [0.1, 0.15) is 13.3 Å². The van der Waals surface area contributed by atoms with Gasteiger partial charge in [-0.25, -0.2) is 0 Å². The van der Waals surface area contributed by atoms with Gasteiger partial charge in [0.25, 0.3) is 0 Å². The zero-order valence-corrected chi connectivity index (χ0v) is 8.66. The topological polar surface area (TPSA) is 49.6 Å². The van der Waals surface area contributed by atoms with E-state index in [4.69, 9.17) is 5.73 Å². The van der Waals surface area contributed by atoms with Crippen LogP contribution in [0.5, 0.6) is 0 Å². The molecule has 0 radical (unpaired) electrons. The Hall–Kier alpha value is -0.610. The second-order valence-corrected chi connectivity index (χ2v) is 3.83. The highest BCUT2D eigenvalue weighted by Crippen LogP contribution is 2.14. The third kappa shape index (κ3) is 2.00. The van der Waals surface area contributed by atoms with Gasteiger partial charge in [-0.2, -0.15) is 0 Å². The van der Waals surface area contributed by atoms with Crippen LogP contribution in [0.15, 0.2) is 0 Å². The molecule has 2 unspecified atom stereocenters. The van der Waals surface area contributed by atoms with Crippen molar-refractivity contribution in [2.45, 2.75) is 25.4 Å². The number of carbonyl (C=O) groups is 1. The lowest BCUT2D eigenvalue weighted by Gasteiger charge is -2.41. The van der Waals surface area contributed by atoms with Crippen LogP contribution < -0.4 is 5.73 Å². The van der Waals surface area contributed by atoms with Crippen molar-refractivity contribution in [1.29, 1.82) is 0 Å². The van der Waals surface area contributed by atoms with Crippen molar-refractivity contribution in [3.63, 3.8) is 0 Å². The smallest absolute Gasteiger partial charge is 0.239 e. The third-order valence-corrected chi connectivity index (χ3v) is 2.82. The first kappa shape index (κ1) is 10.5. The number of hydrogen-bond donors (Lipinski definition) is 1. The molecule has 4 heteroatoms. The van der Waals surface area contributed by atoms with Crippen LogP contribution in [0.2, 0.25) is 0 Å². The fraction of sp³-hybridized carbons (Fsp3) is 0.889. The predicted octanol–water partition coefficient (Wildman–Crippen LogP) is -0.504. The summed E-state index contributed by atoms with van der Waals surface area (Å²) in [7, 11) is 3.85. The third-order valence-electron chi connectivity index (χ3n) is 2.82. The quantitative estimate of drug-likeness (QED) is 0.631. The van der Waals surface area contributed by atoms with E-state index in [-0.39, 0.29) is 11.9 Å². The van der Waals surface area contributed by atoms with Crippen molar-refractivity contribution in [3.05, 3.63) is 0 Å². The number of rotatable bonds is 2. The van der Waals surface area contributed by atoms with Gasteiger partial charge < -0.3 is 10.6 Å². The second-order valence-electron chi connectivity index (χ2n) is 3.83. The van der Waals surface area contributed by atoms with Gasteiger partial charge in [-0.1, -0.05) is 0 Å². The lowest BCUT2D eigenvalue weighted by atomic mass is 10.1. The fourth-order valence-electron chi connectivity index (χ4n) is 1.81. The molecule has 2 atom stereocenters. The molecule has 1 amide bonds. The predicted molar refractivity (Wildman–Crippen MR) is 52.3 cm³/mol. The van der Waals surface area contributed by atoms with Crippen LogP contribution in [0, 0.1) is 0 Å². The number of nitrogens with two attached hydrogens (primary N) is 1. The SMILES string of the molecule is CC1CN(C)C(CCN)C(=O)N1C. The molecule has 1 rings (SSSR count). The van der Waals surface area contributed by atoms with E-state index >= 15 is 0 Å². The lowest BCUT2D eigenvalue weighted by Crippen LogP contribution is -2.58. The Kier molecular flexibility index (Phi) is 3.27. The molecule has 4 nitrogen and oxygen atoms in total. The van der Waals surface area contributed by atoms with Crippen molar-refractivity contribution in [3.8, 4) is 0 Å². The van der Waals surface area contributed by atoms with E-state index < -0.39 is 0 Å². The summed E-state index contributed by atoms with van der Waals surface area (Å²) in [6.07, 6.45) is 0.756. The first-order valence-electron chi connectivity index (χ1n) is 4.75. The highest BCUT2D eigenvalue weighted by atomic mass is 16.2. The minimum absolute atomic E-state index is 0.00815. The minimum atomic E-state index is -0.00815. The molecule has 1 aliphatic rings. The molecule has 0 saturated carbocycles. The minimum Gasteiger partial charge on any atom is -0.340 e. The van der Waals surface area contributed by atoms with Gasteiger partial charge in [0.2, 0.25) is 5.91 Å². The van der Waals surface area contributed by atoms with E-state index in [1.807, 2.05) is 19.0 Å². The Balaban J connectivity index is 2.67. The molecule has 2 N–H and O–H groups in total. The molecule has 1 aliphatic heterocycles. The van der Waals surface area contributed by atoms with Crippen LogP contribution in [0.25, 0.3) is 0 Å². The average Bonchev–Trinajstić information content (AvgIpc) is 2.09. The molecule has 0 aliphatic carbocycles. The highest BCUT2D eigenvalue weighted by Gasteiger charge is 2.33. The van der Waals surface area contributed by atoms with E-state index in [0.717, 1.165) is 13.0 Å². The van der Waals surface area contributed by atoms with Crippen molar-refractivity contribution in [2.75, 3.05) is 27.2 Å². The second kappa shape index (κ2) is 4.07. The number of hydrogen-bond acceptors (Lipinski definition) is 3. The number of nitrogens with zero attached hydrogens (tertiary/aromatic N) is 2. The van der Waals surface area contributed by atoms with Crippen LogP contribution in [0.3, 0.4) is 0 Å². The van der Waals surface area contributed by atoms with E-state index in [1.165, 1.54) is 0 Å². The summed E-state index contributed by atoms with van der Waals surface area (Å²) in [6, 6.07) is 0.303. The molecule has 0 aromatic carbocycles. The Morgan fingerprint density at radius 1 is 1.54 bits per heavy atom. The molecular formula is C9H19N3O. The lowest BCUT2D eigenvalue weighted by molar-refractivity contribution is -0.142. The van der Waals surface area contributed by atoms with Crippen molar-refractivity contribution >= 4 is 5.91 Å². The Labute approximate surface area is 79.7 Å². The summed E-state index contributed by atoms with van der Waals surface area (Å²) >= 11 is 0. The van der Waals surface area contributed by atoms with Gasteiger partial charge >= 0.3 is 0 Å². The molecular weight excluding hydrogens is 166 g/mol. The molecule has 0 aromatic rings. The van der Waals surface area contributed by atoms with E-state index in [0.29, 0.717) is 12.6 Å². The van der Waals surface area contributed by atoms with Crippen LogP contribution in [-0.4, -0.2) is 55.0 Å². The molecule has 1 fully saturated rings. The summed E-state index contributed by atoms with van der Waals surface area (Å²) < 4.78 is 0. The first-order chi connectivity index (χ1) is 6.07. The summed E-state index contributed by atoms with van der Waals surface area (Å²) in [5.74, 6) is 0.201. The van der Waals surface area contributed by atoms with Crippen molar-refractivity contribution in [2.24, 2.45) is 5.73 Å². The normalized spacial score (nSPS) is 31.1. The Morgan fingerprint density at radius 3 is 2.69 bits per heavy atom. The van der Waals surface area contributed by atoms with E-state index in [2.05, 4.69) is 11.8 Å². The summed E-state index contributed by atoms with van der Waals surface area (Å²) in [5, 5.41) is 0. The summed E-state index contributed by atoms with van der Waals surface area (Å²) in [5.41, 5.74) is 5.47. The zero-order chi connectivity index (χ0) is 10.0. The Bertz CT molecular complexity index is 195. The maximum absolute atomic E-state index is 11.8. The van der Waals surface area contributed by atoms with Crippen LogP contribution in [-0.2, 0) is 4.79 Å². The van der Waals surface area contributed by atoms with Gasteiger partial charge in [0.05, 0.1) is 6.04 Å². The monoisotopic (exact) mass is 185 g/mol. The summed E-state index contributed by atoms with van der Waals surface area (Å²) in [6.45, 7) is 3.57. The van der Waals surface area contributed by atoms with E-state index in [1.54, 1.807) is 0 Å². The number of likely N-dealkylation sites (N-methyl/N-ethyl adjacent to an activating group) is 2. The molecule has 13 heavy (non-hydrogen) atoms. The van der Waals surface area contributed by atoms with Gasteiger partial charge in [0.1, 0.15) is 0 Å². The Morgan fingerprint density at radius 2 is 2.15 bits per heavy atom. The molecule has 1 saturated heterocycles. The zero-order valence-electron chi connectivity index (χ0n) is 8.66. The maximum atomic E-state index is 11.8. The number of amides is 1. The van der Waals surface area contributed by atoms with Crippen molar-refractivity contribution in [1.82, 2.24) is 9.80 Å². The first-order valence-corrected chi connectivity index (χ1v) is 4.75. The van der Waals surface area contributed by atoms with Gasteiger partial charge in [-0.15, -0.1) is 0 Å². The van der Waals surface area contributed by atoms with Crippen LogP contribution >= 0.6 is 0 Å². The largest absolute Gasteiger partial charge is 0.340 e. The average molecular weight is 185 g/mol. The van der Waals surface area contributed by atoms with Gasteiger partial charge in [0, 0.05) is 19.6 Å². The van der Waals surface area contributed by atoms with E-state index in [9.17, 15) is 4.79 Å². The fourth-order valence-corrected chi connectivity index (χ4v) is 1.81. The molecule has 0 aromatic heterocycles. The maximum Gasteiger partial charge on any atom is 0.239 e. The van der Waals surface area contributed by atoms with Crippen molar-refractivity contribution < 1.29 is 4.79 Å². The van der Waals surface area contributed by atoms with Gasteiger partial charge in [-0.05, 0) is 26.9 Å². The molecule has 76 valence electrons.